The zero-order chi connectivity index (χ0) is 20.2. The zero-order valence-electron chi connectivity index (χ0n) is 17.3. The van der Waals surface area contributed by atoms with Crippen LogP contribution in [0.25, 0.3) is 10.8 Å². The molecule has 0 saturated carbocycles. The molecule has 1 atom stereocenters. The number of aryl methyl sites for hydroxylation is 1. The highest BCUT2D eigenvalue weighted by Crippen LogP contribution is 2.27. The molecule has 4 heterocycles. The van der Waals surface area contributed by atoms with Gasteiger partial charge in [0, 0.05) is 45.3 Å². The SMILES string of the molecule is CCOC(=O)N1CCN([C@@H]2CCCN(Cc3nc(-c4cccs4)oc3C)C2)CC1. The molecule has 1 amide bonds. The summed E-state index contributed by atoms with van der Waals surface area (Å²) in [5, 5.41) is 2.05. The molecule has 2 aliphatic rings. The summed E-state index contributed by atoms with van der Waals surface area (Å²) >= 11 is 1.66. The number of carbonyl (C=O) groups is 1. The van der Waals surface area contributed by atoms with Crippen molar-refractivity contribution in [3.63, 3.8) is 0 Å². The fourth-order valence-corrected chi connectivity index (χ4v) is 4.90. The van der Waals surface area contributed by atoms with Gasteiger partial charge in [0.2, 0.25) is 5.89 Å². The second kappa shape index (κ2) is 9.28. The van der Waals surface area contributed by atoms with Gasteiger partial charge in [-0.15, -0.1) is 11.3 Å². The fourth-order valence-electron chi connectivity index (χ4n) is 4.25. The Kier molecular flexibility index (Phi) is 6.52. The van der Waals surface area contributed by atoms with Crippen molar-refractivity contribution in [3.05, 3.63) is 29.0 Å². The lowest BCUT2D eigenvalue weighted by molar-refractivity contribution is 0.0409. The van der Waals surface area contributed by atoms with E-state index in [0.29, 0.717) is 12.6 Å². The van der Waals surface area contributed by atoms with Gasteiger partial charge in [-0.25, -0.2) is 9.78 Å². The molecule has 2 aromatic heterocycles. The van der Waals surface area contributed by atoms with E-state index in [-0.39, 0.29) is 6.09 Å². The van der Waals surface area contributed by atoms with E-state index in [0.717, 1.165) is 68.0 Å². The minimum atomic E-state index is -0.180. The summed E-state index contributed by atoms with van der Waals surface area (Å²) in [6, 6.07) is 4.61. The summed E-state index contributed by atoms with van der Waals surface area (Å²) in [7, 11) is 0. The van der Waals surface area contributed by atoms with E-state index >= 15 is 0 Å². The third kappa shape index (κ3) is 4.82. The lowest BCUT2D eigenvalue weighted by atomic mass is 10.0. The number of likely N-dealkylation sites (tertiary alicyclic amines) is 1. The fraction of sp³-hybridized carbons (Fsp3) is 0.619. The molecular formula is C21H30N4O3S. The maximum atomic E-state index is 11.9. The smallest absolute Gasteiger partial charge is 0.409 e. The topological polar surface area (TPSA) is 62.1 Å². The van der Waals surface area contributed by atoms with Gasteiger partial charge in [0.25, 0.3) is 0 Å². The van der Waals surface area contributed by atoms with E-state index in [4.69, 9.17) is 14.1 Å². The minimum absolute atomic E-state index is 0.180. The predicted octanol–water partition coefficient (Wildman–Crippen LogP) is 3.45. The quantitative estimate of drug-likeness (QED) is 0.741. The average molecular weight is 419 g/mol. The number of hydrogen-bond acceptors (Lipinski definition) is 7. The third-order valence-electron chi connectivity index (χ3n) is 5.84. The minimum Gasteiger partial charge on any atom is -0.450 e. The average Bonchev–Trinajstić information content (AvgIpc) is 3.39. The highest BCUT2D eigenvalue weighted by Gasteiger charge is 2.30. The third-order valence-corrected chi connectivity index (χ3v) is 6.69. The summed E-state index contributed by atoms with van der Waals surface area (Å²) in [5.41, 5.74) is 1.04. The number of piperazine rings is 1. The summed E-state index contributed by atoms with van der Waals surface area (Å²) in [5.74, 6) is 1.65. The lowest BCUT2D eigenvalue weighted by Gasteiger charge is -2.43. The Morgan fingerprint density at radius 1 is 1.31 bits per heavy atom. The molecular weight excluding hydrogens is 388 g/mol. The van der Waals surface area contributed by atoms with Crippen LogP contribution in [0, 0.1) is 6.92 Å². The normalized spacial score (nSPS) is 21.4. The van der Waals surface area contributed by atoms with Crippen LogP contribution in [-0.4, -0.2) is 77.7 Å². The molecule has 8 heteroatoms. The maximum Gasteiger partial charge on any atom is 0.409 e. The van der Waals surface area contributed by atoms with Crippen molar-refractivity contribution in [1.82, 2.24) is 19.7 Å². The van der Waals surface area contributed by atoms with E-state index in [1.807, 2.05) is 36.3 Å². The van der Waals surface area contributed by atoms with Crippen LogP contribution in [-0.2, 0) is 11.3 Å². The first kappa shape index (κ1) is 20.4. The predicted molar refractivity (Wildman–Crippen MR) is 113 cm³/mol. The first-order chi connectivity index (χ1) is 14.1. The van der Waals surface area contributed by atoms with Gasteiger partial charge in [-0.1, -0.05) is 6.07 Å². The van der Waals surface area contributed by atoms with Gasteiger partial charge in [0.1, 0.15) is 5.76 Å². The molecule has 29 heavy (non-hydrogen) atoms. The number of nitrogens with zero attached hydrogens (tertiary/aromatic N) is 4. The largest absolute Gasteiger partial charge is 0.450 e. The highest BCUT2D eigenvalue weighted by molar-refractivity contribution is 7.13. The van der Waals surface area contributed by atoms with E-state index in [9.17, 15) is 4.79 Å². The second-order valence-electron chi connectivity index (χ2n) is 7.75. The van der Waals surface area contributed by atoms with Crippen molar-refractivity contribution in [2.75, 3.05) is 45.9 Å². The van der Waals surface area contributed by atoms with Crippen LogP contribution >= 0.6 is 11.3 Å². The maximum absolute atomic E-state index is 11.9. The first-order valence-electron chi connectivity index (χ1n) is 10.5. The van der Waals surface area contributed by atoms with Crippen LogP contribution in [0.3, 0.4) is 0 Å². The van der Waals surface area contributed by atoms with E-state index in [1.54, 1.807) is 11.3 Å². The van der Waals surface area contributed by atoms with Crippen LogP contribution in [0.4, 0.5) is 4.79 Å². The number of oxazole rings is 1. The summed E-state index contributed by atoms with van der Waals surface area (Å²) in [4.78, 5) is 24.6. The number of hydrogen-bond donors (Lipinski definition) is 0. The summed E-state index contributed by atoms with van der Waals surface area (Å²) < 4.78 is 11.0. The monoisotopic (exact) mass is 418 g/mol. The van der Waals surface area contributed by atoms with Gasteiger partial charge in [-0.2, -0.15) is 0 Å². The molecule has 0 N–H and O–H groups in total. The molecule has 0 unspecified atom stereocenters. The number of aromatic nitrogens is 1. The molecule has 0 aliphatic carbocycles. The Balaban J connectivity index is 1.32. The van der Waals surface area contributed by atoms with E-state index < -0.39 is 0 Å². The summed E-state index contributed by atoms with van der Waals surface area (Å²) in [6.07, 6.45) is 2.23. The van der Waals surface area contributed by atoms with Crippen molar-refractivity contribution in [2.45, 2.75) is 39.3 Å². The van der Waals surface area contributed by atoms with Gasteiger partial charge in [-0.05, 0) is 44.7 Å². The van der Waals surface area contributed by atoms with Gasteiger partial charge in [-0.3, -0.25) is 9.80 Å². The molecule has 2 aromatic rings. The molecule has 0 aromatic carbocycles. The number of piperidine rings is 1. The second-order valence-corrected chi connectivity index (χ2v) is 8.70. The van der Waals surface area contributed by atoms with E-state index in [2.05, 4.69) is 9.80 Å². The highest BCUT2D eigenvalue weighted by atomic mass is 32.1. The first-order valence-corrected chi connectivity index (χ1v) is 11.4. The number of carbonyl (C=O) groups excluding carboxylic acids is 1. The molecule has 2 fully saturated rings. The zero-order valence-corrected chi connectivity index (χ0v) is 18.1. The Morgan fingerprint density at radius 2 is 2.14 bits per heavy atom. The molecule has 0 spiro atoms. The lowest BCUT2D eigenvalue weighted by Crippen LogP contribution is -2.55. The van der Waals surface area contributed by atoms with Crippen LogP contribution in [0.1, 0.15) is 31.2 Å². The van der Waals surface area contributed by atoms with E-state index in [1.165, 1.54) is 12.8 Å². The Labute approximate surface area is 176 Å². The van der Waals surface area contributed by atoms with Gasteiger partial charge < -0.3 is 14.1 Å². The van der Waals surface area contributed by atoms with Gasteiger partial charge in [0.15, 0.2) is 0 Å². The number of amides is 1. The molecule has 4 rings (SSSR count). The van der Waals surface area contributed by atoms with Crippen LogP contribution in [0.15, 0.2) is 21.9 Å². The summed E-state index contributed by atoms with van der Waals surface area (Å²) in [6.45, 7) is 10.6. The molecule has 2 aliphatic heterocycles. The van der Waals surface area contributed by atoms with Crippen molar-refractivity contribution in [3.8, 4) is 10.8 Å². The van der Waals surface area contributed by atoms with Crippen molar-refractivity contribution >= 4 is 17.4 Å². The Hall–Kier alpha value is -1.90. The molecule has 2 saturated heterocycles. The number of thiophene rings is 1. The van der Waals surface area contributed by atoms with Crippen LogP contribution < -0.4 is 0 Å². The molecule has 0 bridgehead atoms. The molecule has 0 radical (unpaired) electrons. The Morgan fingerprint density at radius 3 is 2.86 bits per heavy atom. The molecule has 158 valence electrons. The van der Waals surface area contributed by atoms with Crippen LogP contribution in [0.2, 0.25) is 0 Å². The molecule has 7 nitrogen and oxygen atoms in total. The number of ether oxygens (including phenoxy) is 1. The standard InChI is InChI=1S/C21H30N4O3S/c1-3-27-21(26)25-11-9-24(10-12-25)17-6-4-8-23(14-17)15-18-16(2)28-20(22-18)19-7-5-13-29-19/h5,7,13,17H,3-4,6,8-12,14-15H2,1-2H3/t17-/m1/s1. The van der Waals surface area contributed by atoms with Crippen molar-refractivity contribution in [2.24, 2.45) is 0 Å². The Bertz CT molecular complexity index is 799. The van der Waals surface area contributed by atoms with Crippen LogP contribution in [0.5, 0.6) is 0 Å². The van der Waals surface area contributed by atoms with Gasteiger partial charge in [0.05, 0.1) is 17.2 Å². The van der Waals surface area contributed by atoms with Crippen molar-refractivity contribution < 1.29 is 13.9 Å². The number of rotatable bonds is 5. The van der Waals surface area contributed by atoms with Crippen molar-refractivity contribution in [1.29, 1.82) is 0 Å². The van der Waals surface area contributed by atoms with Gasteiger partial charge >= 0.3 is 6.09 Å².